The molecule has 0 bridgehead atoms. The van der Waals surface area contributed by atoms with Crippen LogP contribution < -0.4 is 10.1 Å². The number of anilines is 1. The van der Waals surface area contributed by atoms with E-state index in [0.717, 1.165) is 23.3 Å². The molecule has 1 aromatic heterocycles. The monoisotopic (exact) mass is 372 g/mol. The van der Waals surface area contributed by atoms with Crippen molar-refractivity contribution in [3.05, 3.63) is 65.2 Å². The third kappa shape index (κ3) is 4.49. The fourth-order valence-electron chi connectivity index (χ4n) is 2.61. The molecule has 2 aromatic carbocycles. The van der Waals surface area contributed by atoms with Gasteiger partial charge in [0.1, 0.15) is 11.4 Å². The number of amides is 1. The number of aryl methyl sites for hydroxylation is 2. The molecule has 0 saturated carbocycles. The smallest absolute Gasteiger partial charge is 0.267 e. The predicted octanol–water partition coefficient (Wildman–Crippen LogP) is 4.64. The number of nitrogens with zero attached hydrogens (tertiary/aromatic N) is 1. The van der Waals surface area contributed by atoms with Gasteiger partial charge in [-0.2, -0.15) is 0 Å². The summed E-state index contributed by atoms with van der Waals surface area (Å²) in [5, 5.41) is 6.30. The summed E-state index contributed by atoms with van der Waals surface area (Å²) in [5.74, 6) is -1.70. The minimum atomic E-state index is -0.989. The number of ether oxygens (including phenoxy) is 1. The minimum absolute atomic E-state index is 0.0793. The number of carbonyl (C=O) groups is 1. The predicted molar refractivity (Wildman–Crippen MR) is 96.5 cm³/mol. The molecular formula is C20H18F2N2O3. The number of rotatable bonds is 5. The Morgan fingerprint density at radius 3 is 2.44 bits per heavy atom. The molecule has 0 aliphatic heterocycles. The second-order valence-corrected chi connectivity index (χ2v) is 6.28. The molecule has 0 aliphatic carbocycles. The molecule has 1 atom stereocenters. The quantitative estimate of drug-likeness (QED) is 0.708. The first-order valence-electron chi connectivity index (χ1n) is 8.30. The van der Waals surface area contributed by atoms with Crippen molar-refractivity contribution in [3.8, 4) is 17.0 Å². The molecule has 1 N–H and O–H groups in total. The van der Waals surface area contributed by atoms with E-state index in [-0.39, 0.29) is 11.6 Å². The SMILES string of the molecule is Cc1cc(C)cc(O[C@H](C)C(=O)Nc2cc(-c3ccc(F)c(F)c3)no2)c1. The number of aromatic nitrogens is 1. The number of hydrogen-bond donors (Lipinski definition) is 1. The Morgan fingerprint density at radius 1 is 1.07 bits per heavy atom. The highest BCUT2D eigenvalue weighted by Crippen LogP contribution is 2.24. The highest BCUT2D eigenvalue weighted by molar-refractivity contribution is 5.93. The number of hydrogen-bond acceptors (Lipinski definition) is 4. The van der Waals surface area contributed by atoms with Crippen LogP contribution >= 0.6 is 0 Å². The van der Waals surface area contributed by atoms with Gasteiger partial charge in [-0.3, -0.25) is 10.1 Å². The van der Waals surface area contributed by atoms with Crippen LogP contribution in [0.2, 0.25) is 0 Å². The van der Waals surface area contributed by atoms with E-state index in [4.69, 9.17) is 9.26 Å². The van der Waals surface area contributed by atoms with Gasteiger partial charge in [-0.05, 0) is 62.2 Å². The molecule has 3 rings (SSSR count). The van der Waals surface area contributed by atoms with E-state index in [9.17, 15) is 13.6 Å². The maximum atomic E-state index is 13.3. The summed E-state index contributed by atoms with van der Waals surface area (Å²) in [4.78, 5) is 12.3. The summed E-state index contributed by atoms with van der Waals surface area (Å²) >= 11 is 0. The number of nitrogens with one attached hydrogen (secondary N) is 1. The standard InChI is InChI=1S/C20H18F2N2O3/c1-11-6-12(2)8-15(7-11)26-13(3)20(25)23-19-10-18(24-27-19)14-4-5-16(21)17(22)9-14/h4-10,13H,1-3H3,(H,23,25)/t13-/m1/s1. The Kier molecular flexibility index (Phi) is 5.21. The lowest BCUT2D eigenvalue weighted by molar-refractivity contribution is -0.122. The van der Waals surface area contributed by atoms with E-state index in [2.05, 4.69) is 10.5 Å². The summed E-state index contributed by atoms with van der Waals surface area (Å²) in [6, 6.07) is 10.5. The highest BCUT2D eigenvalue weighted by atomic mass is 19.2. The van der Waals surface area contributed by atoms with Crippen molar-refractivity contribution in [1.29, 1.82) is 0 Å². The molecule has 7 heteroatoms. The molecule has 0 saturated heterocycles. The van der Waals surface area contributed by atoms with Crippen LogP contribution in [0.15, 0.2) is 47.0 Å². The van der Waals surface area contributed by atoms with E-state index in [1.807, 2.05) is 32.0 Å². The van der Waals surface area contributed by atoms with Crippen LogP contribution in [-0.4, -0.2) is 17.2 Å². The van der Waals surface area contributed by atoms with Crippen molar-refractivity contribution < 1.29 is 22.8 Å². The van der Waals surface area contributed by atoms with Gasteiger partial charge in [-0.25, -0.2) is 8.78 Å². The zero-order valence-electron chi connectivity index (χ0n) is 15.0. The van der Waals surface area contributed by atoms with Crippen molar-refractivity contribution in [3.63, 3.8) is 0 Å². The first-order valence-corrected chi connectivity index (χ1v) is 8.30. The van der Waals surface area contributed by atoms with Crippen molar-refractivity contribution in [1.82, 2.24) is 5.16 Å². The van der Waals surface area contributed by atoms with Crippen molar-refractivity contribution in [2.75, 3.05) is 5.32 Å². The lowest BCUT2D eigenvalue weighted by Crippen LogP contribution is -2.30. The Morgan fingerprint density at radius 2 is 1.78 bits per heavy atom. The van der Waals surface area contributed by atoms with Crippen molar-refractivity contribution >= 4 is 11.8 Å². The van der Waals surface area contributed by atoms with Crippen LogP contribution in [0.25, 0.3) is 11.3 Å². The van der Waals surface area contributed by atoms with Gasteiger partial charge in [0.15, 0.2) is 17.7 Å². The zero-order chi connectivity index (χ0) is 19.6. The Labute approximate surface area is 154 Å². The van der Waals surface area contributed by atoms with Gasteiger partial charge in [0.05, 0.1) is 0 Å². The molecule has 1 heterocycles. The normalized spacial score (nSPS) is 11.9. The maximum Gasteiger partial charge on any atom is 0.267 e. The second-order valence-electron chi connectivity index (χ2n) is 6.28. The van der Waals surface area contributed by atoms with Crippen LogP contribution in [0.3, 0.4) is 0 Å². The second kappa shape index (κ2) is 7.57. The summed E-state index contributed by atoms with van der Waals surface area (Å²) in [6.45, 7) is 5.50. The summed E-state index contributed by atoms with van der Waals surface area (Å²) < 4.78 is 37.1. The third-order valence-electron chi connectivity index (χ3n) is 3.85. The highest BCUT2D eigenvalue weighted by Gasteiger charge is 2.18. The number of benzene rings is 2. The van der Waals surface area contributed by atoms with Crippen LogP contribution in [0.5, 0.6) is 5.75 Å². The summed E-state index contributed by atoms with van der Waals surface area (Å²) in [7, 11) is 0. The van der Waals surface area contributed by atoms with E-state index in [1.165, 1.54) is 12.1 Å². The first kappa shape index (κ1) is 18.6. The number of carbonyl (C=O) groups excluding carboxylic acids is 1. The minimum Gasteiger partial charge on any atom is -0.481 e. The van der Waals surface area contributed by atoms with Crippen LogP contribution in [0, 0.1) is 25.5 Å². The Hall–Kier alpha value is -3.22. The molecule has 0 fully saturated rings. The molecule has 140 valence electrons. The van der Waals surface area contributed by atoms with Crippen molar-refractivity contribution in [2.45, 2.75) is 26.9 Å². The lowest BCUT2D eigenvalue weighted by atomic mass is 10.1. The van der Waals surface area contributed by atoms with Gasteiger partial charge >= 0.3 is 0 Å². The average molecular weight is 372 g/mol. The molecule has 0 radical (unpaired) electrons. The van der Waals surface area contributed by atoms with Gasteiger partial charge in [0.2, 0.25) is 5.88 Å². The van der Waals surface area contributed by atoms with Crippen LogP contribution in [0.1, 0.15) is 18.1 Å². The first-order chi connectivity index (χ1) is 12.8. The van der Waals surface area contributed by atoms with Crippen LogP contribution in [0.4, 0.5) is 14.7 Å². The van der Waals surface area contributed by atoms with Gasteiger partial charge in [0.25, 0.3) is 5.91 Å². The zero-order valence-corrected chi connectivity index (χ0v) is 15.0. The largest absolute Gasteiger partial charge is 0.481 e. The van der Waals surface area contributed by atoms with Crippen LogP contribution in [-0.2, 0) is 4.79 Å². The molecule has 3 aromatic rings. The van der Waals surface area contributed by atoms with Gasteiger partial charge in [-0.15, -0.1) is 0 Å². The maximum absolute atomic E-state index is 13.3. The van der Waals surface area contributed by atoms with Crippen molar-refractivity contribution in [2.24, 2.45) is 0 Å². The molecule has 27 heavy (non-hydrogen) atoms. The lowest BCUT2D eigenvalue weighted by Gasteiger charge is -2.14. The molecule has 0 unspecified atom stereocenters. The summed E-state index contributed by atoms with van der Waals surface area (Å²) in [5.41, 5.74) is 2.66. The molecule has 1 amide bonds. The summed E-state index contributed by atoms with van der Waals surface area (Å²) in [6.07, 6.45) is -0.775. The van der Waals surface area contributed by atoms with Gasteiger partial charge in [-0.1, -0.05) is 11.2 Å². The number of halogens is 2. The molecule has 0 aliphatic rings. The van der Waals surface area contributed by atoms with E-state index in [1.54, 1.807) is 6.92 Å². The van der Waals surface area contributed by atoms with E-state index >= 15 is 0 Å². The fraction of sp³-hybridized carbons (Fsp3) is 0.200. The third-order valence-corrected chi connectivity index (χ3v) is 3.85. The topological polar surface area (TPSA) is 64.4 Å². The molecular weight excluding hydrogens is 354 g/mol. The van der Waals surface area contributed by atoms with Gasteiger partial charge in [0, 0.05) is 11.6 Å². The Balaban J connectivity index is 1.67. The average Bonchev–Trinajstić information content (AvgIpc) is 3.04. The van der Waals surface area contributed by atoms with Gasteiger partial charge < -0.3 is 9.26 Å². The fourth-order valence-corrected chi connectivity index (χ4v) is 2.61. The molecule has 5 nitrogen and oxygen atoms in total. The van der Waals surface area contributed by atoms with E-state index in [0.29, 0.717) is 11.3 Å². The van der Waals surface area contributed by atoms with E-state index < -0.39 is 23.6 Å². The molecule has 0 spiro atoms. The Bertz CT molecular complexity index is 965.